The lowest BCUT2D eigenvalue weighted by molar-refractivity contribution is 1.12. The van der Waals surface area contributed by atoms with Crippen molar-refractivity contribution in [2.75, 3.05) is 5.32 Å². The molecule has 2 rings (SSSR count). The van der Waals surface area contributed by atoms with Crippen LogP contribution in [0.4, 0.5) is 11.5 Å². The molecule has 0 radical (unpaired) electrons. The van der Waals surface area contributed by atoms with Crippen LogP contribution in [0.25, 0.3) is 0 Å². The summed E-state index contributed by atoms with van der Waals surface area (Å²) in [5.74, 6) is 0.361. The van der Waals surface area contributed by atoms with E-state index in [1.165, 1.54) is 6.33 Å². The van der Waals surface area contributed by atoms with Crippen molar-refractivity contribution >= 4 is 23.1 Å². The van der Waals surface area contributed by atoms with Crippen molar-refractivity contribution < 1.29 is 0 Å². The van der Waals surface area contributed by atoms with Crippen molar-refractivity contribution in [2.45, 2.75) is 13.8 Å². The first-order valence-corrected chi connectivity index (χ1v) is 5.52. The van der Waals surface area contributed by atoms with Gasteiger partial charge in [-0.15, -0.1) is 0 Å². The molecule has 0 aliphatic rings. The van der Waals surface area contributed by atoms with E-state index in [1.54, 1.807) is 0 Å². The molecule has 5 heteroatoms. The largest absolute Gasteiger partial charge is 0.339 e. The van der Waals surface area contributed by atoms with E-state index in [2.05, 4.69) is 21.4 Å². The first-order valence-electron chi connectivity index (χ1n) is 5.15. The van der Waals surface area contributed by atoms with E-state index in [-0.39, 0.29) is 10.6 Å². The van der Waals surface area contributed by atoms with Gasteiger partial charge in [0.1, 0.15) is 5.02 Å². The van der Waals surface area contributed by atoms with Crippen molar-refractivity contribution in [1.82, 2.24) is 9.97 Å². The van der Waals surface area contributed by atoms with Crippen molar-refractivity contribution in [3.8, 4) is 0 Å². The number of H-pyrrole nitrogens is 1. The monoisotopic (exact) mass is 249 g/mol. The van der Waals surface area contributed by atoms with Crippen molar-refractivity contribution in [3.05, 3.63) is 51.0 Å². The van der Waals surface area contributed by atoms with Crippen LogP contribution < -0.4 is 10.9 Å². The van der Waals surface area contributed by atoms with E-state index in [1.807, 2.05) is 26.0 Å². The number of rotatable bonds is 2. The van der Waals surface area contributed by atoms with E-state index in [0.29, 0.717) is 5.82 Å². The number of nitrogens with one attached hydrogen (secondary N) is 2. The Morgan fingerprint density at radius 3 is 2.53 bits per heavy atom. The van der Waals surface area contributed by atoms with Crippen LogP contribution in [0.15, 0.2) is 29.3 Å². The fourth-order valence-electron chi connectivity index (χ4n) is 1.65. The molecule has 0 spiro atoms. The van der Waals surface area contributed by atoms with Gasteiger partial charge in [0, 0.05) is 5.69 Å². The molecular weight excluding hydrogens is 238 g/mol. The predicted octanol–water partition coefficient (Wildman–Crippen LogP) is 2.78. The van der Waals surface area contributed by atoms with Gasteiger partial charge in [-0.1, -0.05) is 17.7 Å². The Balaban J connectivity index is 2.38. The summed E-state index contributed by atoms with van der Waals surface area (Å²) in [6.07, 6.45) is 1.32. The third kappa shape index (κ3) is 2.65. The Hall–Kier alpha value is -1.81. The van der Waals surface area contributed by atoms with Crippen LogP contribution in [-0.2, 0) is 0 Å². The molecule has 17 heavy (non-hydrogen) atoms. The highest BCUT2D eigenvalue weighted by molar-refractivity contribution is 6.32. The summed E-state index contributed by atoms with van der Waals surface area (Å²) in [5, 5.41) is 3.09. The van der Waals surface area contributed by atoms with Gasteiger partial charge in [0.15, 0.2) is 5.82 Å². The lowest BCUT2D eigenvalue weighted by Gasteiger charge is -2.08. The Morgan fingerprint density at radius 1 is 1.24 bits per heavy atom. The van der Waals surface area contributed by atoms with Gasteiger partial charge in [0.25, 0.3) is 5.56 Å². The van der Waals surface area contributed by atoms with Crippen LogP contribution in [0.1, 0.15) is 11.1 Å². The fraction of sp³-hybridized carbons (Fsp3) is 0.167. The van der Waals surface area contributed by atoms with E-state index in [4.69, 9.17) is 11.6 Å². The summed E-state index contributed by atoms with van der Waals surface area (Å²) in [6, 6.07) is 6.00. The highest BCUT2D eigenvalue weighted by atomic mass is 35.5. The Bertz CT molecular complexity index is 587. The van der Waals surface area contributed by atoms with Gasteiger partial charge < -0.3 is 10.3 Å². The molecular formula is C12H12ClN3O. The summed E-state index contributed by atoms with van der Waals surface area (Å²) in [4.78, 5) is 17.7. The smallest absolute Gasteiger partial charge is 0.271 e. The zero-order chi connectivity index (χ0) is 12.4. The van der Waals surface area contributed by atoms with Crippen molar-refractivity contribution in [3.63, 3.8) is 0 Å². The summed E-state index contributed by atoms with van der Waals surface area (Å²) < 4.78 is 0. The second-order valence-electron chi connectivity index (χ2n) is 3.90. The number of aromatic amines is 1. The molecule has 0 amide bonds. The summed E-state index contributed by atoms with van der Waals surface area (Å²) in [5.41, 5.74) is 2.78. The van der Waals surface area contributed by atoms with Gasteiger partial charge in [-0.3, -0.25) is 4.79 Å². The minimum absolute atomic E-state index is 0.0617. The lowest BCUT2D eigenvalue weighted by atomic mass is 10.1. The maximum Gasteiger partial charge on any atom is 0.271 e. The van der Waals surface area contributed by atoms with Crippen LogP contribution in [0.5, 0.6) is 0 Å². The first-order chi connectivity index (χ1) is 8.06. The van der Waals surface area contributed by atoms with Crippen LogP contribution in [0, 0.1) is 13.8 Å². The summed E-state index contributed by atoms with van der Waals surface area (Å²) >= 11 is 5.85. The maximum absolute atomic E-state index is 11.3. The maximum atomic E-state index is 11.3. The number of benzene rings is 1. The molecule has 0 aliphatic carbocycles. The molecule has 0 unspecified atom stereocenters. The third-order valence-corrected chi connectivity index (χ3v) is 2.63. The van der Waals surface area contributed by atoms with Gasteiger partial charge in [-0.2, -0.15) is 0 Å². The van der Waals surface area contributed by atoms with Crippen molar-refractivity contribution in [2.24, 2.45) is 0 Å². The molecule has 88 valence electrons. The molecule has 0 saturated carbocycles. The van der Waals surface area contributed by atoms with Crippen LogP contribution >= 0.6 is 11.6 Å². The number of aromatic nitrogens is 2. The molecule has 0 aliphatic heterocycles. The normalized spacial score (nSPS) is 10.3. The van der Waals surface area contributed by atoms with Crippen LogP contribution in [-0.4, -0.2) is 9.97 Å². The zero-order valence-electron chi connectivity index (χ0n) is 9.54. The Kier molecular flexibility index (Phi) is 3.15. The average molecular weight is 250 g/mol. The number of hydrogen-bond acceptors (Lipinski definition) is 3. The van der Waals surface area contributed by atoms with Crippen LogP contribution in [0.2, 0.25) is 5.02 Å². The van der Waals surface area contributed by atoms with Crippen molar-refractivity contribution in [1.29, 1.82) is 0 Å². The van der Waals surface area contributed by atoms with E-state index in [0.717, 1.165) is 16.8 Å². The number of anilines is 2. The van der Waals surface area contributed by atoms with E-state index in [9.17, 15) is 4.79 Å². The third-order valence-electron chi connectivity index (χ3n) is 2.28. The molecule has 0 bridgehead atoms. The van der Waals surface area contributed by atoms with Gasteiger partial charge in [-0.05, 0) is 37.1 Å². The summed E-state index contributed by atoms with van der Waals surface area (Å²) in [6.45, 7) is 4.01. The Labute approximate surface area is 104 Å². The second-order valence-corrected chi connectivity index (χ2v) is 4.27. The van der Waals surface area contributed by atoms with Gasteiger partial charge in [0.05, 0.1) is 6.33 Å². The highest BCUT2D eigenvalue weighted by Crippen LogP contribution is 2.21. The molecule has 0 atom stereocenters. The minimum Gasteiger partial charge on any atom is -0.339 e. The van der Waals surface area contributed by atoms with Crippen LogP contribution in [0.3, 0.4) is 0 Å². The second kappa shape index (κ2) is 4.59. The molecule has 0 saturated heterocycles. The number of nitrogens with zero attached hydrogens (tertiary/aromatic N) is 1. The highest BCUT2D eigenvalue weighted by Gasteiger charge is 2.06. The number of aryl methyl sites for hydroxylation is 2. The van der Waals surface area contributed by atoms with Gasteiger partial charge in [-0.25, -0.2) is 4.98 Å². The molecule has 0 fully saturated rings. The quantitative estimate of drug-likeness (QED) is 0.861. The molecule has 1 aromatic heterocycles. The molecule has 2 N–H and O–H groups in total. The van der Waals surface area contributed by atoms with E-state index >= 15 is 0 Å². The molecule has 1 heterocycles. The zero-order valence-corrected chi connectivity index (χ0v) is 10.3. The Morgan fingerprint density at radius 2 is 1.88 bits per heavy atom. The molecule has 4 nitrogen and oxygen atoms in total. The lowest BCUT2D eigenvalue weighted by Crippen LogP contribution is -2.09. The topological polar surface area (TPSA) is 57.8 Å². The summed E-state index contributed by atoms with van der Waals surface area (Å²) in [7, 11) is 0. The standard InChI is InChI=1S/C12H12ClN3O/c1-7-3-8(2)5-9(4-7)16-11-10(13)12(17)15-6-14-11/h3-6H,1-2H3,(H2,14,15,16,17). The predicted molar refractivity (Wildman–Crippen MR) is 69.1 cm³/mol. The number of hydrogen-bond donors (Lipinski definition) is 2. The SMILES string of the molecule is Cc1cc(C)cc(Nc2nc[nH]c(=O)c2Cl)c1. The van der Waals surface area contributed by atoms with Gasteiger partial charge in [0.2, 0.25) is 0 Å². The minimum atomic E-state index is -0.353. The molecule has 2 aromatic rings. The first kappa shape index (κ1) is 11.7. The average Bonchev–Trinajstić information content (AvgIpc) is 2.23. The fourth-order valence-corrected chi connectivity index (χ4v) is 1.80. The van der Waals surface area contributed by atoms with E-state index < -0.39 is 0 Å². The van der Waals surface area contributed by atoms with Gasteiger partial charge >= 0.3 is 0 Å². The molecule has 1 aromatic carbocycles. The number of halogens is 1.